The van der Waals surface area contributed by atoms with E-state index < -0.39 is 0 Å². The van der Waals surface area contributed by atoms with Crippen LogP contribution in [0.4, 0.5) is 4.39 Å². The molecule has 0 amide bonds. The predicted octanol–water partition coefficient (Wildman–Crippen LogP) is 4.14. The van der Waals surface area contributed by atoms with Crippen molar-refractivity contribution in [2.45, 2.75) is 43.5 Å². The molecule has 0 atom stereocenters. The Bertz CT molecular complexity index is 687. The first-order valence-corrected chi connectivity index (χ1v) is 9.32. The standard InChI is InChI=1S/C16H17FN4S.C2H6/c17-15-9-12(10-18)1-2-13(15)11-22-16-5-8-21(20-16)14-3-6-19-7-4-14;1-2/h1-2,5,8-9,14,19H,3-4,6-7,11H2;1-2H3. The Morgan fingerprint density at radius 3 is 2.75 bits per heavy atom. The largest absolute Gasteiger partial charge is 0.317 e. The van der Waals surface area contributed by atoms with Gasteiger partial charge in [0.15, 0.2) is 0 Å². The summed E-state index contributed by atoms with van der Waals surface area (Å²) in [5.74, 6) is 0.185. The van der Waals surface area contributed by atoms with Crippen LogP contribution in [0.25, 0.3) is 0 Å². The number of piperidine rings is 1. The van der Waals surface area contributed by atoms with E-state index in [2.05, 4.69) is 10.4 Å². The molecule has 1 aliphatic rings. The fraction of sp³-hybridized carbons (Fsp3) is 0.444. The number of hydrogen-bond donors (Lipinski definition) is 1. The van der Waals surface area contributed by atoms with Gasteiger partial charge in [-0.05, 0) is 49.7 Å². The van der Waals surface area contributed by atoms with Gasteiger partial charge in [-0.3, -0.25) is 4.68 Å². The summed E-state index contributed by atoms with van der Waals surface area (Å²) in [4.78, 5) is 0. The van der Waals surface area contributed by atoms with Crippen LogP contribution in [0.1, 0.15) is 43.9 Å². The van der Waals surface area contributed by atoms with Crippen molar-refractivity contribution < 1.29 is 4.39 Å². The van der Waals surface area contributed by atoms with Gasteiger partial charge in [0.25, 0.3) is 0 Å². The highest BCUT2D eigenvalue weighted by Gasteiger charge is 2.16. The van der Waals surface area contributed by atoms with Crippen LogP contribution in [0.15, 0.2) is 35.5 Å². The van der Waals surface area contributed by atoms with Gasteiger partial charge in [0, 0.05) is 11.9 Å². The van der Waals surface area contributed by atoms with Gasteiger partial charge in [-0.2, -0.15) is 10.4 Å². The van der Waals surface area contributed by atoms with Gasteiger partial charge in [0.05, 0.1) is 17.7 Å². The first-order valence-electron chi connectivity index (χ1n) is 8.33. The van der Waals surface area contributed by atoms with E-state index in [1.807, 2.05) is 36.9 Å². The lowest BCUT2D eigenvalue weighted by molar-refractivity contribution is 0.340. The topological polar surface area (TPSA) is 53.6 Å². The van der Waals surface area contributed by atoms with Crippen LogP contribution in [0.2, 0.25) is 0 Å². The average molecular weight is 346 g/mol. The molecule has 24 heavy (non-hydrogen) atoms. The number of nitrogens with zero attached hydrogens (tertiary/aromatic N) is 3. The number of hydrogen-bond acceptors (Lipinski definition) is 4. The molecule has 1 aromatic carbocycles. The number of aromatic nitrogens is 2. The third-order valence-corrected chi connectivity index (χ3v) is 4.79. The molecule has 0 aliphatic carbocycles. The second-order valence-corrected chi connectivity index (χ2v) is 6.32. The molecule has 1 N–H and O–H groups in total. The quantitative estimate of drug-likeness (QED) is 0.846. The smallest absolute Gasteiger partial charge is 0.128 e. The van der Waals surface area contributed by atoms with Crippen LogP contribution in [0.5, 0.6) is 0 Å². The minimum absolute atomic E-state index is 0.329. The zero-order valence-corrected chi connectivity index (χ0v) is 14.9. The van der Waals surface area contributed by atoms with Crippen molar-refractivity contribution in [3.63, 3.8) is 0 Å². The van der Waals surface area contributed by atoms with E-state index in [1.165, 1.54) is 17.8 Å². The van der Waals surface area contributed by atoms with Crippen molar-refractivity contribution in [2.75, 3.05) is 13.1 Å². The Morgan fingerprint density at radius 1 is 1.33 bits per heavy atom. The number of halogens is 1. The zero-order chi connectivity index (χ0) is 17.4. The van der Waals surface area contributed by atoms with E-state index in [0.717, 1.165) is 31.0 Å². The minimum atomic E-state index is -0.329. The average Bonchev–Trinajstić information content (AvgIpc) is 3.12. The zero-order valence-electron chi connectivity index (χ0n) is 14.1. The van der Waals surface area contributed by atoms with Crippen LogP contribution in [0, 0.1) is 17.1 Å². The summed E-state index contributed by atoms with van der Waals surface area (Å²) in [5, 5.41) is 17.6. The van der Waals surface area contributed by atoms with Crippen molar-refractivity contribution in [1.29, 1.82) is 5.26 Å². The van der Waals surface area contributed by atoms with Crippen molar-refractivity contribution in [3.8, 4) is 6.07 Å². The second kappa shape index (κ2) is 9.45. The summed E-state index contributed by atoms with van der Waals surface area (Å²) in [7, 11) is 0. The molecule has 1 aliphatic heterocycles. The maximum Gasteiger partial charge on any atom is 0.128 e. The summed E-state index contributed by atoms with van der Waals surface area (Å²) < 4.78 is 15.9. The van der Waals surface area contributed by atoms with E-state index in [0.29, 0.717) is 22.9 Å². The number of thioether (sulfide) groups is 1. The summed E-state index contributed by atoms with van der Waals surface area (Å²) in [6.45, 7) is 6.06. The normalized spacial score (nSPS) is 14.6. The Balaban J connectivity index is 0.00000100. The van der Waals surface area contributed by atoms with Gasteiger partial charge in [0.2, 0.25) is 0 Å². The summed E-state index contributed by atoms with van der Waals surface area (Å²) in [6, 6.07) is 8.98. The van der Waals surface area contributed by atoms with Crippen LogP contribution < -0.4 is 5.32 Å². The van der Waals surface area contributed by atoms with E-state index in [4.69, 9.17) is 5.26 Å². The Kier molecular flexibility index (Phi) is 7.29. The Labute approximate surface area is 147 Å². The number of nitriles is 1. The first kappa shape index (κ1) is 18.5. The monoisotopic (exact) mass is 346 g/mol. The maximum absolute atomic E-state index is 13.8. The third kappa shape index (κ3) is 4.83. The lowest BCUT2D eigenvalue weighted by Gasteiger charge is -2.22. The van der Waals surface area contributed by atoms with Crippen LogP contribution in [-0.2, 0) is 5.75 Å². The fourth-order valence-corrected chi connectivity index (χ4v) is 3.40. The van der Waals surface area contributed by atoms with E-state index in [1.54, 1.807) is 12.1 Å². The number of benzene rings is 1. The van der Waals surface area contributed by atoms with Gasteiger partial charge in [-0.15, -0.1) is 0 Å². The summed E-state index contributed by atoms with van der Waals surface area (Å²) >= 11 is 1.52. The summed E-state index contributed by atoms with van der Waals surface area (Å²) in [6.07, 6.45) is 4.19. The van der Waals surface area contributed by atoms with E-state index >= 15 is 0 Å². The van der Waals surface area contributed by atoms with Crippen molar-refractivity contribution >= 4 is 11.8 Å². The highest BCUT2D eigenvalue weighted by atomic mass is 32.2. The van der Waals surface area contributed by atoms with Crippen LogP contribution in [0.3, 0.4) is 0 Å². The van der Waals surface area contributed by atoms with Gasteiger partial charge >= 0.3 is 0 Å². The highest BCUT2D eigenvalue weighted by molar-refractivity contribution is 7.98. The predicted molar refractivity (Wildman–Crippen MR) is 95.4 cm³/mol. The summed E-state index contributed by atoms with van der Waals surface area (Å²) in [5.41, 5.74) is 0.946. The van der Waals surface area contributed by atoms with E-state index in [9.17, 15) is 4.39 Å². The van der Waals surface area contributed by atoms with Gasteiger partial charge in [-0.25, -0.2) is 4.39 Å². The first-order chi connectivity index (χ1) is 11.8. The Hall–Kier alpha value is -1.84. The van der Waals surface area contributed by atoms with Crippen molar-refractivity contribution in [1.82, 2.24) is 15.1 Å². The van der Waals surface area contributed by atoms with Crippen LogP contribution in [-0.4, -0.2) is 22.9 Å². The molecule has 6 heteroatoms. The lowest BCUT2D eigenvalue weighted by Crippen LogP contribution is -2.29. The van der Waals surface area contributed by atoms with Crippen LogP contribution >= 0.6 is 11.8 Å². The molecule has 2 aromatic rings. The second-order valence-electron chi connectivity index (χ2n) is 5.32. The van der Waals surface area contributed by atoms with Crippen molar-refractivity contribution in [3.05, 3.63) is 47.4 Å². The van der Waals surface area contributed by atoms with Gasteiger partial charge in [-0.1, -0.05) is 31.7 Å². The SMILES string of the molecule is CC.N#Cc1ccc(CSc2ccn(C3CCNCC3)n2)c(F)c1. The van der Waals surface area contributed by atoms with Gasteiger partial charge in [0.1, 0.15) is 10.8 Å². The molecule has 0 spiro atoms. The number of rotatable bonds is 4. The molecular weight excluding hydrogens is 323 g/mol. The van der Waals surface area contributed by atoms with Crippen molar-refractivity contribution in [2.24, 2.45) is 0 Å². The molecule has 2 heterocycles. The van der Waals surface area contributed by atoms with Gasteiger partial charge < -0.3 is 5.32 Å². The fourth-order valence-electron chi connectivity index (χ4n) is 2.56. The van der Waals surface area contributed by atoms with E-state index in [-0.39, 0.29) is 5.82 Å². The minimum Gasteiger partial charge on any atom is -0.317 e. The number of nitrogens with one attached hydrogen (secondary N) is 1. The molecule has 4 nitrogen and oxygen atoms in total. The molecule has 0 radical (unpaired) electrons. The molecule has 0 bridgehead atoms. The molecule has 128 valence electrons. The molecule has 1 fully saturated rings. The highest BCUT2D eigenvalue weighted by Crippen LogP contribution is 2.25. The molecule has 1 saturated heterocycles. The molecule has 3 rings (SSSR count). The molecule has 1 aromatic heterocycles. The Morgan fingerprint density at radius 2 is 2.08 bits per heavy atom. The maximum atomic E-state index is 13.8. The third-order valence-electron chi connectivity index (χ3n) is 3.82. The lowest BCUT2D eigenvalue weighted by atomic mass is 10.1. The molecular formula is C18H23FN4S. The molecule has 0 unspecified atom stereocenters. The molecule has 0 saturated carbocycles.